The summed E-state index contributed by atoms with van der Waals surface area (Å²) in [6.45, 7) is 1.18. The number of benzene rings is 1. The second kappa shape index (κ2) is 8.68. The highest BCUT2D eigenvalue weighted by molar-refractivity contribution is 7.89. The second-order valence-corrected chi connectivity index (χ2v) is 8.88. The van der Waals surface area contributed by atoms with Crippen LogP contribution in [0.1, 0.15) is 37.7 Å². The van der Waals surface area contributed by atoms with Crippen molar-refractivity contribution in [1.82, 2.24) is 9.62 Å². The van der Waals surface area contributed by atoms with Crippen molar-refractivity contribution in [3.8, 4) is 5.75 Å². The Bertz CT molecular complexity index is 755. The van der Waals surface area contributed by atoms with E-state index in [1.54, 1.807) is 6.08 Å². The summed E-state index contributed by atoms with van der Waals surface area (Å²) in [5.41, 5.74) is 0.901. The van der Waals surface area contributed by atoms with E-state index >= 15 is 0 Å². The molecule has 1 aromatic carbocycles. The normalized spacial score (nSPS) is 20.6. The average molecular weight is 378 g/mol. The first-order chi connectivity index (χ1) is 12.5. The lowest BCUT2D eigenvalue weighted by molar-refractivity contribution is -0.116. The van der Waals surface area contributed by atoms with Gasteiger partial charge in [-0.25, -0.2) is 12.7 Å². The topological polar surface area (TPSA) is 75.7 Å². The van der Waals surface area contributed by atoms with Crippen molar-refractivity contribution in [2.75, 3.05) is 25.4 Å². The maximum absolute atomic E-state index is 11.9. The molecular weight excluding hydrogens is 352 g/mol. The molecule has 0 atom stereocenters. The van der Waals surface area contributed by atoms with Crippen molar-refractivity contribution in [3.63, 3.8) is 0 Å². The van der Waals surface area contributed by atoms with Crippen molar-refractivity contribution in [1.29, 1.82) is 0 Å². The molecule has 1 heterocycles. The summed E-state index contributed by atoms with van der Waals surface area (Å²) in [4.78, 5) is 11.9. The minimum Gasteiger partial charge on any atom is -0.490 e. The highest BCUT2D eigenvalue weighted by atomic mass is 32.2. The summed E-state index contributed by atoms with van der Waals surface area (Å²) >= 11 is 0. The third-order valence-electron chi connectivity index (χ3n) is 4.75. The predicted molar refractivity (Wildman–Crippen MR) is 101 cm³/mol. The van der Waals surface area contributed by atoms with Gasteiger partial charge in [-0.1, -0.05) is 12.1 Å². The van der Waals surface area contributed by atoms with Crippen molar-refractivity contribution >= 4 is 22.0 Å². The monoisotopic (exact) mass is 378 g/mol. The maximum Gasteiger partial charge on any atom is 0.244 e. The summed E-state index contributed by atoms with van der Waals surface area (Å²) in [5, 5.41) is 2.73. The molecule has 0 aromatic heterocycles. The van der Waals surface area contributed by atoms with Gasteiger partial charge in [0.2, 0.25) is 15.9 Å². The Kier molecular flexibility index (Phi) is 6.32. The quantitative estimate of drug-likeness (QED) is 0.738. The number of carbonyl (C=O) groups is 1. The fourth-order valence-electron chi connectivity index (χ4n) is 3.37. The van der Waals surface area contributed by atoms with E-state index < -0.39 is 10.0 Å². The fraction of sp³-hybridized carbons (Fsp3) is 0.526. The van der Waals surface area contributed by atoms with Crippen LogP contribution in [-0.2, 0) is 14.8 Å². The zero-order chi connectivity index (χ0) is 18.4. The molecule has 1 amide bonds. The number of ether oxygens (including phenoxy) is 1. The van der Waals surface area contributed by atoms with E-state index in [-0.39, 0.29) is 11.7 Å². The van der Waals surface area contributed by atoms with Gasteiger partial charge in [0, 0.05) is 25.7 Å². The Balaban J connectivity index is 1.45. The number of nitrogens with zero attached hydrogens (tertiary/aromatic N) is 1. The van der Waals surface area contributed by atoms with Crippen LogP contribution in [-0.4, -0.2) is 50.1 Å². The predicted octanol–water partition coefficient (Wildman–Crippen LogP) is 2.17. The zero-order valence-corrected chi connectivity index (χ0v) is 15.7. The minimum absolute atomic E-state index is 0.208. The van der Waals surface area contributed by atoms with E-state index in [0.29, 0.717) is 32.2 Å². The SMILES string of the molecule is O=C(C=Cc1cccc(OC2CCCC2)c1)NCCN1CCCS1(=O)=O. The molecule has 1 aliphatic heterocycles. The van der Waals surface area contributed by atoms with E-state index in [4.69, 9.17) is 4.74 Å². The number of hydrogen-bond acceptors (Lipinski definition) is 4. The molecule has 1 aliphatic carbocycles. The molecule has 1 N–H and O–H groups in total. The number of carbonyl (C=O) groups excluding carboxylic acids is 1. The number of amides is 1. The van der Waals surface area contributed by atoms with Crippen LogP contribution in [0, 0.1) is 0 Å². The van der Waals surface area contributed by atoms with E-state index in [9.17, 15) is 13.2 Å². The van der Waals surface area contributed by atoms with E-state index in [1.807, 2.05) is 24.3 Å². The maximum atomic E-state index is 11.9. The molecule has 0 spiro atoms. The minimum atomic E-state index is -3.11. The first-order valence-electron chi connectivity index (χ1n) is 9.23. The van der Waals surface area contributed by atoms with Gasteiger partial charge in [0.1, 0.15) is 5.75 Å². The summed E-state index contributed by atoms with van der Waals surface area (Å²) in [5.74, 6) is 0.808. The van der Waals surface area contributed by atoms with Crippen LogP contribution in [0.15, 0.2) is 30.3 Å². The van der Waals surface area contributed by atoms with Gasteiger partial charge in [0.25, 0.3) is 0 Å². The molecule has 3 rings (SSSR count). The zero-order valence-electron chi connectivity index (χ0n) is 14.9. The number of hydrogen-bond donors (Lipinski definition) is 1. The van der Waals surface area contributed by atoms with E-state index in [2.05, 4.69) is 5.32 Å². The number of nitrogens with one attached hydrogen (secondary N) is 1. The van der Waals surface area contributed by atoms with Crippen LogP contribution >= 0.6 is 0 Å². The lowest BCUT2D eigenvalue weighted by atomic mass is 10.2. The molecule has 1 saturated heterocycles. The molecule has 1 aromatic rings. The third kappa shape index (κ3) is 5.32. The first-order valence-corrected chi connectivity index (χ1v) is 10.8. The molecule has 2 aliphatic rings. The molecule has 26 heavy (non-hydrogen) atoms. The Morgan fingerprint density at radius 1 is 1.27 bits per heavy atom. The third-order valence-corrected chi connectivity index (χ3v) is 6.71. The Morgan fingerprint density at radius 3 is 2.81 bits per heavy atom. The molecule has 1 saturated carbocycles. The highest BCUT2D eigenvalue weighted by Gasteiger charge is 2.27. The van der Waals surface area contributed by atoms with Crippen LogP contribution in [0.25, 0.3) is 6.08 Å². The summed E-state index contributed by atoms with van der Waals surface area (Å²) in [7, 11) is -3.11. The summed E-state index contributed by atoms with van der Waals surface area (Å²) in [6.07, 6.45) is 8.84. The molecule has 7 heteroatoms. The van der Waals surface area contributed by atoms with Crippen LogP contribution in [0.4, 0.5) is 0 Å². The van der Waals surface area contributed by atoms with Gasteiger partial charge in [-0.2, -0.15) is 0 Å². The van der Waals surface area contributed by atoms with Gasteiger partial charge in [-0.3, -0.25) is 4.79 Å². The summed E-state index contributed by atoms with van der Waals surface area (Å²) in [6, 6.07) is 7.70. The average Bonchev–Trinajstić information content (AvgIpc) is 3.23. The van der Waals surface area contributed by atoms with Gasteiger partial charge in [-0.15, -0.1) is 0 Å². The van der Waals surface area contributed by atoms with Gasteiger partial charge in [0.05, 0.1) is 11.9 Å². The fourth-order valence-corrected chi connectivity index (χ4v) is 4.90. The molecule has 2 fully saturated rings. The lowest BCUT2D eigenvalue weighted by Crippen LogP contribution is -2.35. The van der Waals surface area contributed by atoms with Crippen molar-refractivity contribution < 1.29 is 17.9 Å². The van der Waals surface area contributed by atoms with Gasteiger partial charge in [-0.05, 0) is 55.9 Å². The van der Waals surface area contributed by atoms with Crippen molar-refractivity contribution in [2.45, 2.75) is 38.2 Å². The molecule has 6 nitrogen and oxygen atoms in total. The van der Waals surface area contributed by atoms with Crippen LogP contribution in [0.5, 0.6) is 5.75 Å². The summed E-state index contributed by atoms with van der Waals surface area (Å²) < 4.78 is 30.8. The molecule has 142 valence electrons. The van der Waals surface area contributed by atoms with Crippen molar-refractivity contribution in [3.05, 3.63) is 35.9 Å². The Morgan fingerprint density at radius 2 is 2.08 bits per heavy atom. The van der Waals surface area contributed by atoms with Gasteiger partial charge in [0.15, 0.2) is 0 Å². The standard InChI is InChI=1S/C19H26N2O4S/c22-19(20-11-13-21-12-4-14-26(21,23)24)10-9-16-5-3-8-18(15-16)25-17-6-1-2-7-17/h3,5,8-10,15,17H,1-2,4,6-7,11-14H2,(H,20,22). The van der Waals surface area contributed by atoms with Crippen LogP contribution < -0.4 is 10.1 Å². The van der Waals surface area contributed by atoms with E-state index in [0.717, 1.165) is 24.2 Å². The Hall–Kier alpha value is -1.86. The van der Waals surface area contributed by atoms with Crippen LogP contribution in [0.2, 0.25) is 0 Å². The van der Waals surface area contributed by atoms with Crippen molar-refractivity contribution in [2.24, 2.45) is 0 Å². The largest absolute Gasteiger partial charge is 0.490 e. The molecule has 0 radical (unpaired) electrons. The number of sulfonamides is 1. The van der Waals surface area contributed by atoms with Gasteiger partial charge >= 0.3 is 0 Å². The second-order valence-electron chi connectivity index (χ2n) is 6.79. The van der Waals surface area contributed by atoms with Crippen LogP contribution in [0.3, 0.4) is 0 Å². The lowest BCUT2D eigenvalue weighted by Gasteiger charge is -2.14. The molecular formula is C19H26N2O4S. The number of rotatable bonds is 7. The Labute approximate surface area is 155 Å². The highest BCUT2D eigenvalue weighted by Crippen LogP contribution is 2.24. The molecule has 0 bridgehead atoms. The van der Waals surface area contributed by atoms with Gasteiger partial charge < -0.3 is 10.1 Å². The van der Waals surface area contributed by atoms with E-state index in [1.165, 1.54) is 23.2 Å². The first kappa shape index (κ1) is 18.9. The smallest absolute Gasteiger partial charge is 0.244 e. The molecule has 0 unspecified atom stereocenters.